The van der Waals surface area contributed by atoms with Crippen molar-refractivity contribution < 1.29 is 4.74 Å². The van der Waals surface area contributed by atoms with Gasteiger partial charge in [0.05, 0.1) is 6.10 Å². The molecule has 2 fully saturated rings. The predicted molar refractivity (Wildman–Crippen MR) is 67.6 cm³/mol. The lowest BCUT2D eigenvalue weighted by Crippen LogP contribution is -2.42. The van der Waals surface area contributed by atoms with Gasteiger partial charge in [0, 0.05) is 19.2 Å². The highest BCUT2D eigenvalue weighted by Crippen LogP contribution is 2.39. The second kappa shape index (κ2) is 5.05. The second-order valence-electron chi connectivity index (χ2n) is 6.32. The van der Waals surface area contributed by atoms with Crippen molar-refractivity contribution in [2.45, 2.75) is 65.0 Å². The molecule has 0 radical (unpaired) electrons. The second-order valence-corrected chi connectivity index (χ2v) is 6.32. The highest BCUT2D eigenvalue weighted by molar-refractivity contribution is 4.87. The maximum absolute atomic E-state index is 5.59. The fourth-order valence-corrected chi connectivity index (χ4v) is 3.25. The molecule has 1 saturated carbocycles. The van der Waals surface area contributed by atoms with Crippen molar-refractivity contribution >= 4 is 0 Å². The Morgan fingerprint density at radius 2 is 1.88 bits per heavy atom. The van der Waals surface area contributed by atoms with Gasteiger partial charge in [0.15, 0.2) is 0 Å². The van der Waals surface area contributed by atoms with Gasteiger partial charge in [0.1, 0.15) is 0 Å². The van der Waals surface area contributed by atoms with Gasteiger partial charge >= 0.3 is 0 Å². The van der Waals surface area contributed by atoms with Crippen LogP contribution in [0.3, 0.4) is 0 Å². The van der Waals surface area contributed by atoms with E-state index in [1.165, 1.54) is 32.1 Å². The lowest BCUT2D eigenvalue weighted by atomic mass is 9.77. The van der Waals surface area contributed by atoms with E-state index in [9.17, 15) is 0 Å². The smallest absolute Gasteiger partial charge is 0.0700 e. The number of nitrogens with one attached hydrogen (secondary N) is 1. The summed E-state index contributed by atoms with van der Waals surface area (Å²) in [5, 5.41) is 3.72. The fourth-order valence-electron chi connectivity index (χ4n) is 3.25. The molecule has 2 atom stereocenters. The van der Waals surface area contributed by atoms with Crippen LogP contribution in [-0.4, -0.2) is 25.3 Å². The summed E-state index contributed by atoms with van der Waals surface area (Å²) in [4.78, 5) is 0. The molecule has 0 amide bonds. The molecule has 1 N–H and O–H groups in total. The Morgan fingerprint density at radius 3 is 2.44 bits per heavy atom. The van der Waals surface area contributed by atoms with Crippen LogP contribution in [0.25, 0.3) is 0 Å². The maximum Gasteiger partial charge on any atom is 0.0700 e. The summed E-state index contributed by atoms with van der Waals surface area (Å²) >= 11 is 0. The Labute approximate surface area is 100 Å². The van der Waals surface area contributed by atoms with Gasteiger partial charge in [-0.15, -0.1) is 0 Å². The molecule has 0 aromatic carbocycles. The molecule has 0 spiro atoms. The lowest BCUT2D eigenvalue weighted by Gasteiger charge is -2.33. The molecular formula is C14H27NO. The van der Waals surface area contributed by atoms with Crippen LogP contribution in [0.5, 0.6) is 0 Å². The van der Waals surface area contributed by atoms with E-state index >= 15 is 0 Å². The molecule has 16 heavy (non-hydrogen) atoms. The van der Waals surface area contributed by atoms with E-state index in [0.717, 1.165) is 19.1 Å². The number of hydrogen-bond acceptors (Lipinski definition) is 2. The lowest BCUT2D eigenvalue weighted by molar-refractivity contribution is 0.107. The zero-order chi connectivity index (χ0) is 11.6. The Morgan fingerprint density at radius 1 is 1.19 bits per heavy atom. The standard InChI is InChI=1S/C14H27NO/c1-11-13(8-9-16-11)15-10-14(2,3)12-6-4-5-7-12/h11-13,15H,4-10H2,1-3H3. The fraction of sp³-hybridized carbons (Fsp3) is 1.00. The molecule has 2 unspecified atom stereocenters. The first-order valence-electron chi connectivity index (χ1n) is 6.94. The molecule has 0 aromatic rings. The van der Waals surface area contributed by atoms with Gasteiger partial charge in [-0.2, -0.15) is 0 Å². The van der Waals surface area contributed by atoms with Crippen LogP contribution in [0, 0.1) is 11.3 Å². The number of ether oxygens (including phenoxy) is 1. The molecule has 1 saturated heterocycles. The van der Waals surface area contributed by atoms with Gasteiger partial charge < -0.3 is 10.1 Å². The minimum absolute atomic E-state index is 0.402. The summed E-state index contributed by atoms with van der Waals surface area (Å²) in [6, 6.07) is 0.584. The van der Waals surface area contributed by atoms with E-state index in [1.54, 1.807) is 0 Å². The summed E-state index contributed by atoms with van der Waals surface area (Å²) in [5.74, 6) is 0.928. The van der Waals surface area contributed by atoms with E-state index in [-0.39, 0.29) is 0 Å². The summed E-state index contributed by atoms with van der Waals surface area (Å²) < 4.78 is 5.59. The minimum Gasteiger partial charge on any atom is -0.377 e. The first kappa shape index (κ1) is 12.4. The van der Waals surface area contributed by atoms with Crippen LogP contribution < -0.4 is 5.32 Å². The zero-order valence-corrected chi connectivity index (χ0v) is 11.1. The first-order valence-corrected chi connectivity index (χ1v) is 6.94. The Bertz CT molecular complexity index is 221. The van der Waals surface area contributed by atoms with Crippen LogP contribution in [0.4, 0.5) is 0 Å². The van der Waals surface area contributed by atoms with E-state index in [2.05, 4.69) is 26.1 Å². The Kier molecular flexibility index (Phi) is 3.91. The first-order chi connectivity index (χ1) is 7.59. The zero-order valence-electron chi connectivity index (χ0n) is 11.1. The monoisotopic (exact) mass is 225 g/mol. The van der Waals surface area contributed by atoms with Crippen LogP contribution in [-0.2, 0) is 4.74 Å². The van der Waals surface area contributed by atoms with Crippen molar-refractivity contribution in [3.8, 4) is 0 Å². The van der Waals surface area contributed by atoms with Crippen molar-refractivity contribution in [1.82, 2.24) is 5.32 Å². The third-order valence-electron chi connectivity index (χ3n) is 4.66. The molecule has 2 aliphatic rings. The highest BCUT2D eigenvalue weighted by atomic mass is 16.5. The molecule has 1 aliphatic carbocycles. The van der Waals surface area contributed by atoms with Crippen LogP contribution in [0.15, 0.2) is 0 Å². The Balaban J connectivity index is 1.79. The van der Waals surface area contributed by atoms with Gasteiger partial charge in [0.2, 0.25) is 0 Å². The molecule has 0 aromatic heterocycles. The SMILES string of the molecule is CC1OCCC1NCC(C)(C)C1CCCC1. The predicted octanol–water partition coefficient (Wildman–Crippen LogP) is 2.97. The van der Waals surface area contributed by atoms with Crippen molar-refractivity contribution in [3.63, 3.8) is 0 Å². The topological polar surface area (TPSA) is 21.3 Å². The van der Waals surface area contributed by atoms with Gasteiger partial charge in [-0.25, -0.2) is 0 Å². The maximum atomic E-state index is 5.59. The highest BCUT2D eigenvalue weighted by Gasteiger charge is 2.33. The summed E-state index contributed by atoms with van der Waals surface area (Å²) in [6.07, 6.45) is 7.34. The Hall–Kier alpha value is -0.0800. The van der Waals surface area contributed by atoms with Crippen molar-refractivity contribution in [3.05, 3.63) is 0 Å². The van der Waals surface area contributed by atoms with E-state index in [0.29, 0.717) is 17.6 Å². The number of hydrogen-bond donors (Lipinski definition) is 1. The average molecular weight is 225 g/mol. The third kappa shape index (κ3) is 2.78. The van der Waals surface area contributed by atoms with Gasteiger partial charge in [-0.05, 0) is 37.5 Å². The molecule has 2 nitrogen and oxygen atoms in total. The van der Waals surface area contributed by atoms with Crippen molar-refractivity contribution in [1.29, 1.82) is 0 Å². The summed E-state index contributed by atoms with van der Waals surface area (Å²) in [7, 11) is 0. The van der Waals surface area contributed by atoms with E-state index in [4.69, 9.17) is 4.74 Å². The van der Waals surface area contributed by atoms with E-state index < -0.39 is 0 Å². The summed E-state index contributed by atoms with van der Waals surface area (Å²) in [5.41, 5.74) is 0.457. The van der Waals surface area contributed by atoms with Crippen molar-refractivity contribution in [2.75, 3.05) is 13.2 Å². The summed E-state index contributed by atoms with van der Waals surface area (Å²) in [6.45, 7) is 9.12. The average Bonchev–Trinajstić information content (AvgIpc) is 2.85. The molecule has 2 heteroatoms. The molecule has 1 aliphatic heterocycles. The van der Waals surface area contributed by atoms with Gasteiger partial charge in [-0.1, -0.05) is 26.7 Å². The minimum atomic E-state index is 0.402. The third-order valence-corrected chi connectivity index (χ3v) is 4.66. The normalized spacial score (nSPS) is 32.4. The van der Waals surface area contributed by atoms with Crippen LogP contribution >= 0.6 is 0 Å². The number of rotatable bonds is 4. The van der Waals surface area contributed by atoms with Crippen LogP contribution in [0.2, 0.25) is 0 Å². The quantitative estimate of drug-likeness (QED) is 0.794. The largest absolute Gasteiger partial charge is 0.377 e. The molecule has 2 rings (SSSR count). The van der Waals surface area contributed by atoms with Gasteiger partial charge in [-0.3, -0.25) is 0 Å². The molecule has 0 bridgehead atoms. The van der Waals surface area contributed by atoms with E-state index in [1.807, 2.05) is 0 Å². The molecular weight excluding hydrogens is 198 g/mol. The van der Waals surface area contributed by atoms with Crippen molar-refractivity contribution in [2.24, 2.45) is 11.3 Å². The molecule has 94 valence electrons. The van der Waals surface area contributed by atoms with Crippen LogP contribution in [0.1, 0.15) is 52.9 Å². The van der Waals surface area contributed by atoms with Gasteiger partial charge in [0.25, 0.3) is 0 Å². The molecule has 1 heterocycles.